The van der Waals surface area contributed by atoms with Crippen LogP contribution in [0.1, 0.15) is 84.1 Å². The number of primary amides is 1. The van der Waals surface area contributed by atoms with E-state index in [2.05, 4.69) is 21.3 Å². The van der Waals surface area contributed by atoms with Crippen molar-refractivity contribution < 1.29 is 38.3 Å². The fourth-order valence-corrected chi connectivity index (χ4v) is 4.75. The van der Waals surface area contributed by atoms with Gasteiger partial charge < -0.3 is 37.5 Å². The van der Waals surface area contributed by atoms with Crippen molar-refractivity contribution in [2.75, 3.05) is 25.0 Å². The third-order valence-corrected chi connectivity index (χ3v) is 7.59. The number of anilines is 1. The number of benzene rings is 1. The molecule has 0 saturated heterocycles. The number of carbonyl (C=O) groups is 7. The Balaban J connectivity index is 2.00. The molecule has 270 valence electrons. The molecule has 7 amide bonds. The molecule has 49 heavy (non-hydrogen) atoms. The van der Waals surface area contributed by atoms with Gasteiger partial charge in [-0.15, -0.1) is 0 Å². The third kappa shape index (κ3) is 15.3. The second-order valence-corrected chi connectivity index (χ2v) is 12.9. The van der Waals surface area contributed by atoms with Crippen molar-refractivity contribution in [1.82, 2.24) is 20.9 Å². The zero-order valence-corrected chi connectivity index (χ0v) is 28.7. The molecular formula is C34H51N7O8. The first kappa shape index (κ1) is 40.4. The van der Waals surface area contributed by atoms with Crippen LogP contribution in [0, 0.1) is 5.41 Å². The zero-order valence-electron chi connectivity index (χ0n) is 28.7. The van der Waals surface area contributed by atoms with E-state index in [1.165, 1.54) is 12.2 Å². The highest BCUT2D eigenvalue weighted by atomic mass is 16.5. The highest BCUT2D eigenvalue weighted by molar-refractivity contribution is 6.12. The normalized spacial score (nSPS) is 13.8. The van der Waals surface area contributed by atoms with Crippen LogP contribution in [-0.2, 0) is 40.1 Å². The van der Waals surface area contributed by atoms with Crippen molar-refractivity contribution >= 4 is 47.2 Å². The van der Waals surface area contributed by atoms with E-state index in [1.54, 1.807) is 45.0 Å². The zero-order chi connectivity index (χ0) is 36.4. The maximum absolute atomic E-state index is 13.5. The van der Waals surface area contributed by atoms with Crippen molar-refractivity contribution in [2.45, 2.75) is 97.2 Å². The minimum Gasteiger partial charge on any atom is -0.460 e. The number of nitrogens with zero attached hydrogens (tertiary/aromatic N) is 1. The minimum atomic E-state index is -1.01. The van der Waals surface area contributed by atoms with Crippen LogP contribution in [0.4, 0.5) is 10.5 Å². The number of nitrogens with two attached hydrogens (primary N) is 2. The molecule has 0 bridgehead atoms. The highest BCUT2D eigenvalue weighted by Crippen LogP contribution is 2.18. The number of imide groups is 1. The number of hydrogen-bond acceptors (Lipinski definition) is 9. The van der Waals surface area contributed by atoms with E-state index in [9.17, 15) is 33.6 Å². The van der Waals surface area contributed by atoms with E-state index in [4.69, 9.17) is 16.2 Å². The van der Waals surface area contributed by atoms with Gasteiger partial charge in [0.2, 0.25) is 17.7 Å². The van der Waals surface area contributed by atoms with Crippen LogP contribution in [0.25, 0.3) is 0 Å². The molecule has 0 spiro atoms. The number of amides is 7. The van der Waals surface area contributed by atoms with Crippen molar-refractivity contribution in [2.24, 2.45) is 16.9 Å². The predicted molar refractivity (Wildman–Crippen MR) is 182 cm³/mol. The summed E-state index contributed by atoms with van der Waals surface area (Å²) in [6, 6.07) is 4.09. The molecule has 8 N–H and O–H groups in total. The SMILES string of the molecule is CC(C)(C)C(=O)OCc1ccc(NC(=O)[C@H](CCCNC(N)=O)NC(=O)C(CCCCN)NC(=O)CCCCCN2C(=O)C=CC2=O)cc1. The van der Waals surface area contributed by atoms with E-state index in [-0.39, 0.29) is 56.2 Å². The van der Waals surface area contributed by atoms with E-state index >= 15 is 0 Å². The van der Waals surface area contributed by atoms with Crippen molar-refractivity contribution in [3.05, 3.63) is 42.0 Å². The summed E-state index contributed by atoms with van der Waals surface area (Å²) in [5, 5.41) is 10.8. The fourth-order valence-electron chi connectivity index (χ4n) is 4.75. The molecule has 15 heteroatoms. The molecule has 0 radical (unpaired) electrons. The van der Waals surface area contributed by atoms with Crippen molar-refractivity contribution in [1.29, 1.82) is 0 Å². The first-order valence-corrected chi connectivity index (χ1v) is 16.6. The summed E-state index contributed by atoms with van der Waals surface area (Å²) in [6.07, 6.45) is 6.22. The van der Waals surface area contributed by atoms with Crippen LogP contribution in [0.5, 0.6) is 0 Å². The van der Waals surface area contributed by atoms with Gasteiger partial charge in [-0.1, -0.05) is 18.6 Å². The van der Waals surface area contributed by atoms with Crippen LogP contribution >= 0.6 is 0 Å². The maximum atomic E-state index is 13.5. The maximum Gasteiger partial charge on any atom is 0.312 e. The molecule has 2 atom stereocenters. The van der Waals surface area contributed by atoms with Gasteiger partial charge in [-0.2, -0.15) is 0 Å². The van der Waals surface area contributed by atoms with Gasteiger partial charge in [0.1, 0.15) is 18.7 Å². The van der Waals surface area contributed by atoms with Crippen molar-refractivity contribution in [3.8, 4) is 0 Å². The number of rotatable bonds is 21. The third-order valence-electron chi connectivity index (χ3n) is 7.59. The average Bonchev–Trinajstić information content (AvgIpc) is 3.36. The standard InChI is InChI=1S/C34H51N7O8/c1-34(2,3)32(47)49-22-23-13-15-24(16-14-23)38-30(45)26(11-9-20-37-33(36)48)40-31(46)25(10-6-7-19-35)39-27(42)12-5-4-8-21-41-28(43)17-18-29(41)44/h13-18,25-26H,4-12,19-22,35H2,1-3H3,(H,38,45)(H,39,42)(H,40,46)(H3,36,37,48)/t25?,26-/m0/s1. The molecule has 1 unspecified atom stereocenters. The minimum absolute atomic E-state index is 0.0749. The number of urea groups is 1. The van der Waals surface area contributed by atoms with Crippen LogP contribution in [0.3, 0.4) is 0 Å². The Kier molecular flexibility index (Phi) is 16.9. The molecule has 0 aromatic heterocycles. The number of carbonyl (C=O) groups excluding carboxylic acids is 7. The van der Waals surface area contributed by atoms with Gasteiger partial charge in [-0.3, -0.25) is 33.7 Å². The Morgan fingerprint density at radius 1 is 0.816 bits per heavy atom. The van der Waals surface area contributed by atoms with E-state index in [0.29, 0.717) is 57.2 Å². The van der Waals surface area contributed by atoms with Gasteiger partial charge in [0, 0.05) is 37.3 Å². The molecule has 0 saturated carbocycles. The van der Waals surface area contributed by atoms with Gasteiger partial charge in [-0.25, -0.2) is 4.79 Å². The number of nitrogens with one attached hydrogen (secondary N) is 4. The van der Waals surface area contributed by atoms with Gasteiger partial charge in [0.25, 0.3) is 11.8 Å². The monoisotopic (exact) mass is 685 g/mol. The number of ether oxygens (including phenoxy) is 1. The summed E-state index contributed by atoms with van der Waals surface area (Å²) in [5.41, 5.74) is 11.3. The molecule has 1 heterocycles. The Labute approximate surface area is 287 Å². The lowest BCUT2D eigenvalue weighted by molar-refractivity contribution is -0.154. The van der Waals surface area contributed by atoms with E-state index in [1.807, 2.05) is 0 Å². The first-order valence-electron chi connectivity index (χ1n) is 16.6. The molecule has 2 rings (SSSR count). The van der Waals surface area contributed by atoms with E-state index in [0.717, 1.165) is 10.5 Å². The van der Waals surface area contributed by atoms with Gasteiger partial charge in [0.15, 0.2) is 0 Å². The largest absolute Gasteiger partial charge is 0.460 e. The lowest BCUT2D eigenvalue weighted by atomic mass is 9.97. The molecule has 0 fully saturated rings. The number of hydrogen-bond donors (Lipinski definition) is 6. The smallest absolute Gasteiger partial charge is 0.312 e. The summed E-state index contributed by atoms with van der Waals surface area (Å²) < 4.78 is 5.34. The second kappa shape index (κ2) is 20.5. The Hall–Kier alpha value is -4.79. The summed E-state index contributed by atoms with van der Waals surface area (Å²) >= 11 is 0. The lowest BCUT2D eigenvalue weighted by Gasteiger charge is -2.23. The average molecular weight is 686 g/mol. The lowest BCUT2D eigenvalue weighted by Crippen LogP contribution is -2.52. The van der Waals surface area contributed by atoms with Crippen LogP contribution in [0.15, 0.2) is 36.4 Å². The predicted octanol–water partition coefficient (Wildman–Crippen LogP) is 1.75. The summed E-state index contributed by atoms with van der Waals surface area (Å²) in [5.74, 6) is -2.42. The topological polar surface area (TPSA) is 232 Å². The molecule has 0 aliphatic carbocycles. The van der Waals surface area contributed by atoms with Crippen LogP contribution < -0.4 is 32.7 Å². The summed E-state index contributed by atoms with van der Waals surface area (Å²) in [7, 11) is 0. The highest BCUT2D eigenvalue weighted by Gasteiger charge is 2.27. The first-order chi connectivity index (χ1) is 23.2. The summed E-state index contributed by atoms with van der Waals surface area (Å²) in [4.78, 5) is 87.4. The second-order valence-electron chi connectivity index (χ2n) is 12.9. The molecule has 1 aliphatic rings. The summed E-state index contributed by atoms with van der Waals surface area (Å²) in [6.45, 7) is 6.22. The number of esters is 1. The molecular weight excluding hydrogens is 634 g/mol. The van der Waals surface area contributed by atoms with Gasteiger partial charge in [-0.05, 0) is 90.0 Å². The Morgan fingerprint density at radius 3 is 2.06 bits per heavy atom. The van der Waals surface area contributed by atoms with Gasteiger partial charge >= 0.3 is 12.0 Å². The molecule has 1 aliphatic heterocycles. The van der Waals surface area contributed by atoms with Crippen molar-refractivity contribution in [3.63, 3.8) is 0 Å². The molecule has 1 aromatic carbocycles. The molecule has 1 aromatic rings. The quantitative estimate of drug-likeness (QED) is 0.0628. The Bertz CT molecular complexity index is 1320. The fraction of sp³-hybridized carbons (Fsp3) is 0.559. The van der Waals surface area contributed by atoms with E-state index < -0.39 is 35.3 Å². The van der Waals surface area contributed by atoms with Crippen LogP contribution in [-0.4, -0.2) is 78.2 Å². The van der Waals surface area contributed by atoms with Crippen LogP contribution in [0.2, 0.25) is 0 Å². The Morgan fingerprint density at radius 2 is 1.45 bits per heavy atom. The van der Waals surface area contributed by atoms with Gasteiger partial charge in [0.05, 0.1) is 5.41 Å². The molecule has 15 nitrogen and oxygen atoms in total. The number of unbranched alkanes of at least 4 members (excludes halogenated alkanes) is 3.